The Kier molecular flexibility index (Phi) is 6.98. The summed E-state index contributed by atoms with van der Waals surface area (Å²) in [6, 6.07) is 28.0. The monoisotopic (exact) mass is 430 g/mol. The zero-order valence-corrected chi connectivity index (χ0v) is 18.2. The van der Waals surface area contributed by atoms with E-state index in [4.69, 9.17) is 4.74 Å². The van der Waals surface area contributed by atoms with Crippen molar-refractivity contribution in [2.45, 2.75) is 25.0 Å². The Morgan fingerprint density at radius 3 is 2.61 bits per heavy atom. The second kappa shape index (κ2) is 10.1. The minimum Gasteiger partial charge on any atom is -0.372 e. The highest BCUT2D eigenvalue weighted by Crippen LogP contribution is 2.31. The van der Waals surface area contributed by atoms with Crippen molar-refractivity contribution in [2.24, 2.45) is 0 Å². The van der Waals surface area contributed by atoms with E-state index in [0.717, 1.165) is 25.1 Å². The van der Waals surface area contributed by atoms with Crippen molar-refractivity contribution in [3.8, 4) is 11.1 Å². The number of fused-ring (bicyclic) bond motifs is 1. The molecule has 4 aromatic rings. The Bertz CT molecular complexity index is 1130. The van der Waals surface area contributed by atoms with Crippen molar-refractivity contribution in [1.29, 1.82) is 0 Å². The molecule has 2 atom stereocenters. The summed E-state index contributed by atoms with van der Waals surface area (Å²) in [7, 11) is 0. The zero-order chi connectivity index (χ0) is 20.2. The first-order valence-corrected chi connectivity index (χ1v) is 10.7. The fourth-order valence-electron chi connectivity index (χ4n) is 4.40. The molecule has 0 aliphatic carbocycles. The van der Waals surface area contributed by atoms with Crippen LogP contribution in [0.1, 0.15) is 23.5 Å². The van der Waals surface area contributed by atoms with Crippen LogP contribution >= 0.6 is 12.4 Å². The van der Waals surface area contributed by atoms with Gasteiger partial charge in [0.25, 0.3) is 0 Å². The fourth-order valence-corrected chi connectivity index (χ4v) is 4.40. The number of rotatable bonds is 5. The quantitative estimate of drug-likeness (QED) is 0.422. The average Bonchev–Trinajstić information content (AvgIpc) is 2.83. The van der Waals surface area contributed by atoms with Gasteiger partial charge in [0.05, 0.1) is 12.7 Å². The topological polar surface area (TPSA) is 34.2 Å². The number of benzene rings is 3. The van der Waals surface area contributed by atoms with Crippen LogP contribution in [0, 0.1) is 0 Å². The summed E-state index contributed by atoms with van der Waals surface area (Å²) in [5.41, 5.74) is 4.94. The normalized spacial score (nSPS) is 18.5. The van der Waals surface area contributed by atoms with Crippen LogP contribution in [0.15, 0.2) is 91.3 Å². The first-order chi connectivity index (χ1) is 14.9. The van der Waals surface area contributed by atoms with Crippen LogP contribution < -0.4 is 5.32 Å². The highest BCUT2D eigenvalue weighted by molar-refractivity contribution is 5.85. The van der Waals surface area contributed by atoms with Gasteiger partial charge in [0, 0.05) is 24.9 Å². The second-order valence-corrected chi connectivity index (χ2v) is 8.00. The lowest BCUT2D eigenvalue weighted by atomic mass is 9.86. The predicted molar refractivity (Wildman–Crippen MR) is 130 cm³/mol. The van der Waals surface area contributed by atoms with Crippen LogP contribution in [-0.2, 0) is 11.3 Å². The molecule has 4 heteroatoms. The van der Waals surface area contributed by atoms with Gasteiger partial charge in [-0.3, -0.25) is 4.98 Å². The van der Waals surface area contributed by atoms with Gasteiger partial charge >= 0.3 is 0 Å². The molecule has 0 amide bonds. The number of nitrogens with zero attached hydrogens (tertiary/aromatic N) is 1. The van der Waals surface area contributed by atoms with Crippen LogP contribution in [0.2, 0.25) is 0 Å². The van der Waals surface area contributed by atoms with Crippen molar-refractivity contribution >= 4 is 23.2 Å². The van der Waals surface area contributed by atoms with Gasteiger partial charge in [0.2, 0.25) is 0 Å². The predicted octanol–water partition coefficient (Wildman–Crippen LogP) is 5.99. The van der Waals surface area contributed by atoms with Crippen LogP contribution in [0.25, 0.3) is 21.9 Å². The lowest BCUT2D eigenvalue weighted by molar-refractivity contribution is 0.0107. The molecule has 1 aliphatic rings. The van der Waals surface area contributed by atoms with Gasteiger partial charge in [-0.05, 0) is 58.1 Å². The van der Waals surface area contributed by atoms with E-state index >= 15 is 0 Å². The number of hydrogen-bond acceptors (Lipinski definition) is 3. The van der Waals surface area contributed by atoms with Gasteiger partial charge in [0.1, 0.15) is 0 Å². The molecule has 0 saturated carbocycles. The SMILES string of the molecule is Cl.c1cncc(-c2cccc(C3CCNCC3OCc3ccc4ccccc4c3)c2)c1. The minimum atomic E-state index is 0. The molecule has 1 aromatic heterocycles. The number of piperidine rings is 1. The van der Waals surface area contributed by atoms with Crippen LogP contribution in [0.4, 0.5) is 0 Å². The smallest absolute Gasteiger partial charge is 0.0772 e. The Labute approximate surface area is 189 Å². The highest BCUT2D eigenvalue weighted by atomic mass is 35.5. The van der Waals surface area contributed by atoms with Gasteiger partial charge in [-0.25, -0.2) is 0 Å². The van der Waals surface area contributed by atoms with Crippen molar-refractivity contribution in [1.82, 2.24) is 10.3 Å². The van der Waals surface area contributed by atoms with Crippen molar-refractivity contribution in [3.05, 3.63) is 102 Å². The molecule has 5 rings (SSSR count). The van der Waals surface area contributed by atoms with E-state index < -0.39 is 0 Å². The first-order valence-electron chi connectivity index (χ1n) is 10.7. The van der Waals surface area contributed by atoms with Gasteiger partial charge in [0.15, 0.2) is 0 Å². The molecular weight excluding hydrogens is 404 g/mol. The number of aromatic nitrogens is 1. The van der Waals surface area contributed by atoms with E-state index in [1.165, 1.54) is 27.5 Å². The van der Waals surface area contributed by atoms with Gasteiger partial charge in [-0.2, -0.15) is 0 Å². The molecule has 3 nitrogen and oxygen atoms in total. The second-order valence-electron chi connectivity index (χ2n) is 8.00. The van der Waals surface area contributed by atoms with E-state index in [-0.39, 0.29) is 18.5 Å². The molecule has 1 N–H and O–H groups in total. The number of nitrogens with one attached hydrogen (secondary N) is 1. The first kappa shape index (κ1) is 21.5. The number of pyridine rings is 1. The summed E-state index contributed by atoms with van der Waals surface area (Å²) in [6.07, 6.45) is 4.99. The number of ether oxygens (including phenoxy) is 1. The van der Waals surface area contributed by atoms with Crippen LogP contribution in [0.5, 0.6) is 0 Å². The summed E-state index contributed by atoms with van der Waals surface area (Å²) in [4.78, 5) is 4.27. The molecule has 1 saturated heterocycles. The molecule has 2 heterocycles. The largest absolute Gasteiger partial charge is 0.372 e. The van der Waals surface area contributed by atoms with Crippen molar-refractivity contribution in [2.75, 3.05) is 13.1 Å². The number of hydrogen-bond donors (Lipinski definition) is 1. The molecule has 31 heavy (non-hydrogen) atoms. The van der Waals surface area contributed by atoms with Crippen LogP contribution in [-0.4, -0.2) is 24.2 Å². The van der Waals surface area contributed by atoms with Crippen molar-refractivity contribution in [3.63, 3.8) is 0 Å². The van der Waals surface area contributed by atoms with Gasteiger partial charge in [-0.1, -0.05) is 66.7 Å². The summed E-state index contributed by atoms with van der Waals surface area (Å²) in [5, 5.41) is 6.05. The van der Waals surface area contributed by atoms with E-state index in [9.17, 15) is 0 Å². The average molecular weight is 431 g/mol. The summed E-state index contributed by atoms with van der Waals surface area (Å²) in [5.74, 6) is 0.392. The Morgan fingerprint density at radius 2 is 1.74 bits per heavy atom. The molecule has 0 spiro atoms. The lowest BCUT2D eigenvalue weighted by Gasteiger charge is -2.33. The lowest BCUT2D eigenvalue weighted by Crippen LogP contribution is -2.41. The molecule has 1 aliphatic heterocycles. The Morgan fingerprint density at radius 1 is 0.871 bits per heavy atom. The molecular formula is C27H27ClN2O. The molecule has 3 aromatic carbocycles. The molecule has 2 unspecified atom stereocenters. The standard InChI is InChI=1S/C27H26N2O.ClH/c1-2-6-22-15-20(10-11-21(22)5-1)19-30-27-18-29-14-12-26(27)24-8-3-7-23(16-24)25-9-4-13-28-17-25;/h1-11,13,15-17,26-27,29H,12,14,18-19H2;1H. The van der Waals surface area contributed by atoms with Gasteiger partial charge < -0.3 is 10.1 Å². The third-order valence-electron chi connectivity index (χ3n) is 6.01. The summed E-state index contributed by atoms with van der Waals surface area (Å²) in [6.45, 7) is 2.54. The zero-order valence-electron chi connectivity index (χ0n) is 17.4. The Balaban J connectivity index is 0.00000231. The van der Waals surface area contributed by atoms with E-state index in [0.29, 0.717) is 12.5 Å². The molecule has 0 bridgehead atoms. The fraction of sp³-hybridized carbons (Fsp3) is 0.222. The summed E-state index contributed by atoms with van der Waals surface area (Å²) >= 11 is 0. The number of halogens is 1. The third kappa shape index (κ3) is 4.96. The maximum Gasteiger partial charge on any atom is 0.0772 e. The minimum absolute atomic E-state index is 0. The summed E-state index contributed by atoms with van der Waals surface area (Å²) < 4.78 is 6.46. The van der Waals surface area contributed by atoms with Crippen molar-refractivity contribution < 1.29 is 4.74 Å². The highest BCUT2D eigenvalue weighted by Gasteiger charge is 2.27. The van der Waals surface area contributed by atoms with Crippen LogP contribution in [0.3, 0.4) is 0 Å². The maximum absolute atomic E-state index is 6.46. The van der Waals surface area contributed by atoms with E-state index in [1.807, 2.05) is 18.5 Å². The molecule has 158 valence electrons. The third-order valence-corrected chi connectivity index (χ3v) is 6.01. The van der Waals surface area contributed by atoms with E-state index in [2.05, 4.69) is 83.1 Å². The Hall–Kier alpha value is -2.72. The van der Waals surface area contributed by atoms with E-state index in [1.54, 1.807) is 0 Å². The maximum atomic E-state index is 6.46. The molecule has 1 fully saturated rings. The van der Waals surface area contributed by atoms with Gasteiger partial charge in [-0.15, -0.1) is 12.4 Å². The molecule has 0 radical (unpaired) electrons.